The number of benzene rings is 1. The van der Waals surface area contributed by atoms with Gasteiger partial charge in [0.25, 0.3) is 5.91 Å². The van der Waals surface area contributed by atoms with Crippen molar-refractivity contribution in [3.05, 3.63) is 41.5 Å². The number of esters is 1. The molecule has 0 bridgehead atoms. The van der Waals surface area contributed by atoms with Crippen LogP contribution in [0.2, 0.25) is 0 Å². The number of likely N-dealkylation sites (N-methyl/N-ethyl adjacent to an activating group) is 1. The predicted octanol–water partition coefficient (Wildman–Crippen LogP) is 1.59. The van der Waals surface area contributed by atoms with E-state index in [4.69, 9.17) is 4.74 Å². The fourth-order valence-electron chi connectivity index (χ4n) is 2.74. The summed E-state index contributed by atoms with van der Waals surface area (Å²) in [6.45, 7) is 3.42. The smallest absolute Gasteiger partial charge is 0.331 e. The topological polar surface area (TPSA) is 80.8 Å². The van der Waals surface area contributed by atoms with E-state index < -0.39 is 27.8 Å². The fraction of sp³-hybridized carbons (Fsp3) is 0.444. The zero-order valence-corrected chi connectivity index (χ0v) is 15.5. The van der Waals surface area contributed by atoms with Gasteiger partial charge in [-0.1, -0.05) is 24.3 Å². The Morgan fingerprint density at radius 2 is 2.00 bits per heavy atom. The van der Waals surface area contributed by atoms with E-state index in [9.17, 15) is 18.0 Å². The van der Waals surface area contributed by atoms with E-state index in [0.29, 0.717) is 6.42 Å². The maximum absolute atomic E-state index is 12.3. The first-order valence-electron chi connectivity index (χ1n) is 8.11. The Hall–Kier alpha value is -2.15. The van der Waals surface area contributed by atoms with Crippen molar-refractivity contribution in [2.24, 2.45) is 0 Å². The molecule has 0 aliphatic carbocycles. The number of hydrogen-bond donors (Lipinski definition) is 0. The number of sulfone groups is 1. The molecule has 1 aromatic carbocycles. The molecule has 0 spiro atoms. The lowest BCUT2D eigenvalue weighted by Crippen LogP contribution is -2.44. The third-order valence-electron chi connectivity index (χ3n) is 4.33. The molecule has 0 saturated carbocycles. The van der Waals surface area contributed by atoms with Crippen LogP contribution in [0.4, 0.5) is 0 Å². The maximum atomic E-state index is 12.3. The molecule has 1 aliphatic rings. The number of ether oxygens (including phenoxy) is 1. The summed E-state index contributed by atoms with van der Waals surface area (Å²) in [5.41, 5.74) is 1.92. The second-order valence-corrected chi connectivity index (χ2v) is 8.50. The summed E-state index contributed by atoms with van der Waals surface area (Å²) in [5.74, 6) is -0.970. The monoisotopic (exact) mass is 365 g/mol. The van der Waals surface area contributed by atoms with Crippen LogP contribution in [0, 0.1) is 6.92 Å². The lowest BCUT2D eigenvalue weighted by atomic mass is 10.1. The number of hydrogen-bond acceptors (Lipinski definition) is 5. The van der Waals surface area contributed by atoms with Crippen molar-refractivity contribution >= 4 is 27.8 Å². The molecule has 1 heterocycles. The van der Waals surface area contributed by atoms with Crippen molar-refractivity contribution in [2.45, 2.75) is 32.4 Å². The first-order chi connectivity index (χ1) is 11.7. The van der Waals surface area contributed by atoms with Gasteiger partial charge < -0.3 is 9.64 Å². The third kappa shape index (κ3) is 5.16. The van der Waals surface area contributed by atoms with E-state index in [1.54, 1.807) is 13.1 Å². The Balaban J connectivity index is 1.92. The first-order valence-corrected chi connectivity index (χ1v) is 9.93. The molecular weight excluding hydrogens is 342 g/mol. The van der Waals surface area contributed by atoms with Gasteiger partial charge in [0.15, 0.2) is 15.9 Å². The number of rotatable bonds is 5. The van der Waals surface area contributed by atoms with Gasteiger partial charge in [0, 0.05) is 19.2 Å². The second kappa shape index (κ2) is 7.82. The van der Waals surface area contributed by atoms with Crippen molar-refractivity contribution in [1.29, 1.82) is 0 Å². The van der Waals surface area contributed by atoms with Gasteiger partial charge in [0.2, 0.25) is 0 Å². The summed E-state index contributed by atoms with van der Waals surface area (Å²) in [6.07, 6.45) is 2.37. The number of carbonyl (C=O) groups excluding carboxylic acids is 2. The highest BCUT2D eigenvalue weighted by molar-refractivity contribution is 7.91. The van der Waals surface area contributed by atoms with E-state index in [-0.39, 0.29) is 17.5 Å². The molecule has 2 rings (SSSR count). The van der Waals surface area contributed by atoms with Crippen LogP contribution in [0.1, 0.15) is 24.5 Å². The Bertz CT molecular complexity index is 784. The summed E-state index contributed by atoms with van der Waals surface area (Å²) in [4.78, 5) is 25.6. The zero-order valence-electron chi connectivity index (χ0n) is 14.6. The minimum Gasteiger partial charge on any atom is -0.449 e. The van der Waals surface area contributed by atoms with Crippen LogP contribution >= 0.6 is 0 Å². The second-order valence-electron chi connectivity index (χ2n) is 6.28. The Labute approximate surface area is 148 Å². The van der Waals surface area contributed by atoms with Crippen LogP contribution in [0.25, 0.3) is 6.08 Å². The van der Waals surface area contributed by atoms with Gasteiger partial charge in [0.1, 0.15) is 0 Å². The van der Waals surface area contributed by atoms with Crippen LogP contribution in [0.3, 0.4) is 0 Å². The summed E-state index contributed by atoms with van der Waals surface area (Å²) >= 11 is 0. The van der Waals surface area contributed by atoms with Crippen molar-refractivity contribution in [2.75, 3.05) is 18.6 Å². The van der Waals surface area contributed by atoms with Gasteiger partial charge in [-0.15, -0.1) is 0 Å². The lowest BCUT2D eigenvalue weighted by molar-refractivity contribution is -0.155. The SMILES string of the molecule is Cc1ccccc1/C=C/C(=O)O[C@H](C)C(=O)N(C)[C@H]1CCS(=O)(=O)C1. The summed E-state index contributed by atoms with van der Waals surface area (Å²) in [7, 11) is -1.54. The van der Waals surface area contributed by atoms with Crippen molar-refractivity contribution < 1.29 is 22.7 Å². The number of amides is 1. The molecule has 0 radical (unpaired) electrons. The van der Waals surface area contributed by atoms with E-state index in [1.807, 2.05) is 31.2 Å². The fourth-order valence-corrected chi connectivity index (χ4v) is 4.52. The van der Waals surface area contributed by atoms with E-state index in [2.05, 4.69) is 0 Å². The maximum Gasteiger partial charge on any atom is 0.331 e. The minimum atomic E-state index is -3.08. The minimum absolute atomic E-state index is 0.0386. The number of nitrogens with zero attached hydrogens (tertiary/aromatic N) is 1. The van der Waals surface area contributed by atoms with Crippen LogP contribution < -0.4 is 0 Å². The largest absolute Gasteiger partial charge is 0.449 e. The van der Waals surface area contributed by atoms with Gasteiger partial charge in [-0.05, 0) is 37.5 Å². The molecule has 1 aromatic rings. The van der Waals surface area contributed by atoms with Crippen molar-refractivity contribution in [3.8, 4) is 0 Å². The van der Waals surface area contributed by atoms with E-state index >= 15 is 0 Å². The Morgan fingerprint density at radius 3 is 2.60 bits per heavy atom. The summed E-state index contributed by atoms with van der Waals surface area (Å²) < 4.78 is 28.2. The molecule has 1 saturated heterocycles. The number of aryl methyl sites for hydroxylation is 1. The molecule has 136 valence electrons. The average molecular weight is 365 g/mol. The summed E-state index contributed by atoms with van der Waals surface area (Å²) in [6, 6.07) is 7.23. The average Bonchev–Trinajstić information content (AvgIpc) is 2.92. The van der Waals surface area contributed by atoms with E-state index in [1.165, 1.54) is 17.9 Å². The summed E-state index contributed by atoms with van der Waals surface area (Å²) in [5, 5.41) is 0. The molecule has 6 nitrogen and oxygen atoms in total. The standard InChI is InChI=1S/C18H23NO5S/c1-13-6-4-5-7-15(13)8-9-17(20)24-14(2)18(21)19(3)16-10-11-25(22,23)12-16/h4-9,14,16H,10-12H2,1-3H3/b9-8+/t14-,16+/m1/s1. The third-order valence-corrected chi connectivity index (χ3v) is 6.08. The molecule has 0 N–H and O–H groups in total. The highest BCUT2D eigenvalue weighted by Gasteiger charge is 2.34. The van der Waals surface area contributed by atoms with Crippen molar-refractivity contribution in [1.82, 2.24) is 4.90 Å². The van der Waals surface area contributed by atoms with Crippen LogP contribution in [0.5, 0.6) is 0 Å². The highest BCUT2D eigenvalue weighted by Crippen LogP contribution is 2.17. The number of carbonyl (C=O) groups is 2. The molecule has 1 amide bonds. The first kappa shape index (κ1) is 19.2. The molecule has 25 heavy (non-hydrogen) atoms. The van der Waals surface area contributed by atoms with E-state index in [0.717, 1.165) is 11.1 Å². The quantitative estimate of drug-likeness (QED) is 0.585. The normalized spacial score (nSPS) is 20.4. The van der Waals surface area contributed by atoms with Crippen LogP contribution in [0.15, 0.2) is 30.3 Å². The highest BCUT2D eigenvalue weighted by atomic mass is 32.2. The Morgan fingerprint density at radius 1 is 1.32 bits per heavy atom. The molecule has 7 heteroatoms. The molecule has 1 aliphatic heterocycles. The zero-order chi connectivity index (χ0) is 18.6. The van der Waals surface area contributed by atoms with Gasteiger partial charge in [0.05, 0.1) is 11.5 Å². The predicted molar refractivity (Wildman–Crippen MR) is 95.6 cm³/mol. The van der Waals surface area contributed by atoms with Gasteiger partial charge in [-0.25, -0.2) is 13.2 Å². The molecule has 0 aromatic heterocycles. The van der Waals surface area contributed by atoms with Gasteiger partial charge >= 0.3 is 5.97 Å². The van der Waals surface area contributed by atoms with Crippen LogP contribution in [-0.4, -0.2) is 55.9 Å². The van der Waals surface area contributed by atoms with Crippen molar-refractivity contribution in [3.63, 3.8) is 0 Å². The molecule has 2 atom stereocenters. The van der Waals surface area contributed by atoms with Gasteiger partial charge in [-0.2, -0.15) is 0 Å². The van der Waals surface area contributed by atoms with Gasteiger partial charge in [-0.3, -0.25) is 4.79 Å². The molecular formula is C18H23NO5S. The van der Waals surface area contributed by atoms with Crippen LogP contribution in [-0.2, 0) is 24.2 Å². The lowest BCUT2D eigenvalue weighted by Gasteiger charge is -2.26. The molecule has 0 unspecified atom stereocenters. The molecule has 1 fully saturated rings. The Kier molecular flexibility index (Phi) is 6.00.